The molecule has 3 unspecified atom stereocenters. The normalized spacial score (nSPS) is 24.6. The summed E-state index contributed by atoms with van der Waals surface area (Å²) >= 11 is 0. The molecule has 3 amide bonds. The Balaban J connectivity index is 2.29. The highest BCUT2D eigenvalue weighted by Gasteiger charge is 2.27. The van der Waals surface area contributed by atoms with Crippen molar-refractivity contribution < 1.29 is 14.3 Å². The summed E-state index contributed by atoms with van der Waals surface area (Å²) in [7, 11) is 1.46. The number of nitrogens with one attached hydrogen (secondary N) is 2. The van der Waals surface area contributed by atoms with Crippen molar-refractivity contribution in [2.45, 2.75) is 32.3 Å². The summed E-state index contributed by atoms with van der Waals surface area (Å²) in [5.41, 5.74) is 5.69. The molecule has 0 aromatic heterocycles. The number of carbonyl (C=O) groups excluding carboxylic acids is 2. The van der Waals surface area contributed by atoms with E-state index < -0.39 is 18.0 Å². The van der Waals surface area contributed by atoms with Gasteiger partial charge in [0.15, 0.2) is 0 Å². The summed E-state index contributed by atoms with van der Waals surface area (Å²) in [6, 6.07) is -0.517. The Morgan fingerprint density at radius 2 is 2.06 bits per heavy atom. The Morgan fingerprint density at radius 3 is 2.67 bits per heavy atom. The first-order valence-corrected chi connectivity index (χ1v) is 6.42. The summed E-state index contributed by atoms with van der Waals surface area (Å²) in [5.74, 6) is 0.515. The summed E-state index contributed by atoms with van der Waals surface area (Å²) < 4.78 is 5.52. The Morgan fingerprint density at radius 1 is 1.39 bits per heavy atom. The van der Waals surface area contributed by atoms with E-state index in [1.54, 1.807) is 6.92 Å². The molecule has 1 rings (SSSR count). The molecule has 0 heterocycles. The third kappa shape index (κ3) is 4.27. The third-order valence-electron chi connectivity index (χ3n) is 3.51. The van der Waals surface area contributed by atoms with Crippen LogP contribution in [-0.4, -0.2) is 38.2 Å². The van der Waals surface area contributed by atoms with Crippen LogP contribution in [0.25, 0.3) is 0 Å². The first-order valence-electron chi connectivity index (χ1n) is 6.42. The fraction of sp³-hybridized carbons (Fsp3) is 0.833. The monoisotopic (exact) mass is 257 g/mol. The standard InChI is InChI=1S/C12H23N3O3/c1-8(11(16)15-12(17)14-2)18-7-10-5-3-4-9(10)6-13/h8-10H,3-7,13H2,1-2H3,(H2,14,15,16,17). The number of hydrogen-bond donors (Lipinski definition) is 3. The highest BCUT2D eigenvalue weighted by atomic mass is 16.5. The number of carbonyl (C=O) groups is 2. The number of rotatable bonds is 5. The van der Waals surface area contributed by atoms with Crippen LogP contribution in [0.2, 0.25) is 0 Å². The molecule has 0 aromatic carbocycles. The number of amides is 3. The fourth-order valence-corrected chi connectivity index (χ4v) is 2.26. The second kappa shape index (κ2) is 7.33. The molecule has 0 spiro atoms. The molecule has 0 aliphatic heterocycles. The zero-order chi connectivity index (χ0) is 13.5. The van der Waals surface area contributed by atoms with Crippen molar-refractivity contribution in [1.29, 1.82) is 0 Å². The SMILES string of the molecule is CNC(=O)NC(=O)C(C)OCC1CCCC1CN. The predicted octanol–water partition coefficient (Wildman–Crippen LogP) is 0.222. The van der Waals surface area contributed by atoms with Crippen molar-refractivity contribution in [2.24, 2.45) is 17.6 Å². The average molecular weight is 257 g/mol. The van der Waals surface area contributed by atoms with Crippen molar-refractivity contribution in [3.8, 4) is 0 Å². The van der Waals surface area contributed by atoms with Crippen LogP contribution in [0.4, 0.5) is 4.79 Å². The van der Waals surface area contributed by atoms with Gasteiger partial charge in [-0.3, -0.25) is 10.1 Å². The van der Waals surface area contributed by atoms with Gasteiger partial charge in [0, 0.05) is 7.05 Å². The minimum atomic E-state index is -0.624. The maximum atomic E-state index is 11.5. The van der Waals surface area contributed by atoms with Gasteiger partial charge in [0.25, 0.3) is 5.91 Å². The van der Waals surface area contributed by atoms with Gasteiger partial charge < -0.3 is 15.8 Å². The van der Waals surface area contributed by atoms with Gasteiger partial charge >= 0.3 is 6.03 Å². The van der Waals surface area contributed by atoms with E-state index in [0.717, 1.165) is 12.8 Å². The van der Waals surface area contributed by atoms with Crippen LogP contribution in [0.5, 0.6) is 0 Å². The van der Waals surface area contributed by atoms with Crippen LogP contribution >= 0.6 is 0 Å². The molecule has 1 aliphatic carbocycles. The van der Waals surface area contributed by atoms with Gasteiger partial charge in [-0.1, -0.05) is 6.42 Å². The summed E-state index contributed by atoms with van der Waals surface area (Å²) in [5, 5.41) is 4.51. The second-order valence-corrected chi connectivity index (χ2v) is 4.73. The quantitative estimate of drug-likeness (QED) is 0.657. The molecule has 1 aliphatic rings. The van der Waals surface area contributed by atoms with Gasteiger partial charge in [0.05, 0.1) is 6.61 Å². The summed E-state index contributed by atoms with van der Waals surface area (Å²) in [4.78, 5) is 22.5. The van der Waals surface area contributed by atoms with E-state index in [9.17, 15) is 9.59 Å². The second-order valence-electron chi connectivity index (χ2n) is 4.73. The van der Waals surface area contributed by atoms with Gasteiger partial charge in [0.2, 0.25) is 0 Å². The lowest BCUT2D eigenvalue weighted by Gasteiger charge is -2.20. The minimum Gasteiger partial charge on any atom is -0.368 e. The maximum absolute atomic E-state index is 11.5. The zero-order valence-corrected chi connectivity index (χ0v) is 11.1. The van der Waals surface area contributed by atoms with Crippen LogP contribution in [-0.2, 0) is 9.53 Å². The number of hydrogen-bond acceptors (Lipinski definition) is 4. The van der Waals surface area contributed by atoms with Gasteiger partial charge in [-0.2, -0.15) is 0 Å². The summed E-state index contributed by atoms with van der Waals surface area (Å²) in [6.07, 6.45) is 2.80. The van der Waals surface area contributed by atoms with E-state index in [4.69, 9.17) is 10.5 Å². The summed E-state index contributed by atoms with van der Waals surface area (Å²) in [6.45, 7) is 2.85. The van der Waals surface area contributed by atoms with E-state index in [-0.39, 0.29) is 0 Å². The van der Waals surface area contributed by atoms with E-state index >= 15 is 0 Å². The van der Waals surface area contributed by atoms with Crippen LogP contribution in [0, 0.1) is 11.8 Å². The Hall–Kier alpha value is -1.14. The molecule has 0 bridgehead atoms. The Labute approximate surface area is 108 Å². The van der Waals surface area contributed by atoms with E-state index in [1.165, 1.54) is 13.5 Å². The van der Waals surface area contributed by atoms with Crippen LogP contribution in [0.15, 0.2) is 0 Å². The molecule has 6 nitrogen and oxygen atoms in total. The van der Waals surface area contributed by atoms with Gasteiger partial charge in [0.1, 0.15) is 6.10 Å². The van der Waals surface area contributed by atoms with Crippen molar-refractivity contribution in [3.05, 3.63) is 0 Å². The third-order valence-corrected chi connectivity index (χ3v) is 3.51. The topological polar surface area (TPSA) is 93.5 Å². The highest BCUT2D eigenvalue weighted by molar-refractivity contribution is 5.96. The molecule has 1 fully saturated rings. The molecule has 4 N–H and O–H groups in total. The van der Waals surface area contributed by atoms with Crippen LogP contribution in [0.1, 0.15) is 26.2 Å². The van der Waals surface area contributed by atoms with Crippen molar-refractivity contribution in [2.75, 3.05) is 20.2 Å². The largest absolute Gasteiger partial charge is 0.368 e. The van der Waals surface area contributed by atoms with Gasteiger partial charge in [-0.15, -0.1) is 0 Å². The molecule has 3 atom stereocenters. The highest BCUT2D eigenvalue weighted by Crippen LogP contribution is 2.31. The smallest absolute Gasteiger partial charge is 0.321 e. The lowest BCUT2D eigenvalue weighted by Crippen LogP contribution is -2.43. The molecule has 0 aromatic rings. The Bertz CT molecular complexity index is 296. The number of urea groups is 1. The molecular formula is C12H23N3O3. The van der Waals surface area contributed by atoms with Crippen LogP contribution in [0.3, 0.4) is 0 Å². The van der Waals surface area contributed by atoms with E-state index in [0.29, 0.717) is 25.0 Å². The molecule has 1 saturated carbocycles. The number of imide groups is 1. The Kier molecular flexibility index (Phi) is 6.07. The van der Waals surface area contributed by atoms with Gasteiger partial charge in [-0.05, 0) is 38.1 Å². The van der Waals surface area contributed by atoms with Gasteiger partial charge in [-0.25, -0.2) is 4.79 Å². The molecule has 0 radical (unpaired) electrons. The van der Waals surface area contributed by atoms with Crippen molar-refractivity contribution >= 4 is 11.9 Å². The number of ether oxygens (including phenoxy) is 1. The minimum absolute atomic E-state index is 0.420. The lowest BCUT2D eigenvalue weighted by atomic mass is 9.97. The average Bonchev–Trinajstić information content (AvgIpc) is 2.82. The maximum Gasteiger partial charge on any atom is 0.321 e. The van der Waals surface area contributed by atoms with E-state index in [1.807, 2.05) is 0 Å². The van der Waals surface area contributed by atoms with Crippen molar-refractivity contribution in [3.63, 3.8) is 0 Å². The zero-order valence-electron chi connectivity index (χ0n) is 11.1. The molecule has 104 valence electrons. The number of nitrogens with two attached hydrogens (primary N) is 1. The van der Waals surface area contributed by atoms with Crippen molar-refractivity contribution in [1.82, 2.24) is 10.6 Å². The molecule has 0 saturated heterocycles. The fourth-order valence-electron chi connectivity index (χ4n) is 2.26. The molecule has 6 heteroatoms. The lowest BCUT2D eigenvalue weighted by molar-refractivity contribution is -0.131. The first-order chi connectivity index (χ1) is 8.58. The molecule has 18 heavy (non-hydrogen) atoms. The van der Waals surface area contributed by atoms with E-state index in [2.05, 4.69) is 10.6 Å². The molecular weight excluding hydrogens is 234 g/mol. The first kappa shape index (κ1) is 14.9. The predicted molar refractivity (Wildman–Crippen MR) is 67.9 cm³/mol. The van der Waals surface area contributed by atoms with Crippen LogP contribution < -0.4 is 16.4 Å².